The largest absolute Gasteiger partial charge is 0.357 e. The van der Waals surface area contributed by atoms with E-state index in [1.54, 1.807) is 24.7 Å². The van der Waals surface area contributed by atoms with E-state index in [9.17, 15) is 9.59 Å². The number of rotatable bonds is 4. The highest BCUT2D eigenvalue weighted by Crippen LogP contribution is 2.42. The van der Waals surface area contributed by atoms with Gasteiger partial charge in [-0.1, -0.05) is 0 Å². The summed E-state index contributed by atoms with van der Waals surface area (Å²) in [5, 5.41) is 3.05. The molecule has 5 heterocycles. The van der Waals surface area contributed by atoms with Crippen LogP contribution in [0.2, 0.25) is 0 Å². The number of aromatic nitrogens is 3. The molecule has 2 aromatic heterocycles. The fourth-order valence-electron chi connectivity index (χ4n) is 5.42. The van der Waals surface area contributed by atoms with E-state index in [1.807, 2.05) is 12.1 Å². The van der Waals surface area contributed by atoms with Gasteiger partial charge in [-0.15, -0.1) is 0 Å². The SMILES string of the molecule is O=C(NC[C@H]1[C@H]2C[C@H](CN(c3ncccn3)C2)[C@@H]2CCCC(=O)N21)c1ccc[nH]1. The minimum Gasteiger partial charge on any atom is -0.357 e. The van der Waals surface area contributed by atoms with Crippen LogP contribution in [0.15, 0.2) is 36.8 Å². The normalized spacial score (nSPS) is 28.8. The van der Waals surface area contributed by atoms with E-state index in [0.717, 1.165) is 38.3 Å². The van der Waals surface area contributed by atoms with Gasteiger partial charge in [-0.3, -0.25) is 9.59 Å². The van der Waals surface area contributed by atoms with Crippen LogP contribution in [-0.2, 0) is 4.79 Å². The molecule has 2 aromatic rings. The number of nitrogens with zero attached hydrogens (tertiary/aromatic N) is 4. The highest BCUT2D eigenvalue weighted by atomic mass is 16.2. The molecular weight excluding hydrogens is 368 g/mol. The van der Waals surface area contributed by atoms with E-state index in [2.05, 4.69) is 30.1 Å². The molecule has 2 N–H and O–H groups in total. The summed E-state index contributed by atoms with van der Waals surface area (Å²) in [6.45, 7) is 2.16. The molecule has 0 aliphatic carbocycles. The predicted octanol–water partition coefficient (Wildman–Crippen LogP) is 1.44. The van der Waals surface area contributed by atoms with Gasteiger partial charge in [0.2, 0.25) is 11.9 Å². The van der Waals surface area contributed by atoms with Gasteiger partial charge in [0.25, 0.3) is 5.91 Å². The molecule has 0 radical (unpaired) electrons. The molecule has 8 heteroatoms. The molecule has 0 spiro atoms. The van der Waals surface area contributed by atoms with Gasteiger partial charge in [-0.2, -0.15) is 0 Å². The summed E-state index contributed by atoms with van der Waals surface area (Å²) in [4.78, 5) is 41.5. The van der Waals surface area contributed by atoms with E-state index in [-0.39, 0.29) is 23.9 Å². The van der Waals surface area contributed by atoms with Crippen molar-refractivity contribution in [2.24, 2.45) is 11.8 Å². The fourth-order valence-corrected chi connectivity index (χ4v) is 5.42. The first-order chi connectivity index (χ1) is 14.2. The molecule has 4 atom stereocenters. The summed E-state index contributed by atoms with van der Waals surface area (Å²) in [5.41, 5.74) is 0.545. The number of amides is 2. The number of hydrogen-bond donors (Lipinski definition) is 2. The molecule has 0 saturated carbocycles. The van der Waals surface area contributed by atoms with Crippen molar-refractivity contribution in [3.05, 3.63) is 42.5 Å². The number of hydrogen-bond acceptors (Lipinski definition) is 5. The van der Waals surface area contributed by atoms with Crippen LogP contribution in [0.4, 0.5) is 5.95 Å². The molecule has 152 valence electrons. The van der Waals surface area contributed by atoms with Gasteiger partial charge in [0.15, 0.2) is 0 Å². The Bertz CT molecular complexity index is 871. The number of piperidine rings is 3. The average molecular weight is 394 g/mol. The van der Waals surface area contributed by atoms with Crippen molar-refractivity contribution in [1.82, 2.24) is 25.2 Å². The molecule has 3 aliphatic heterocycles. The summed E-state index contributed by atoms with van der Waals surface area (Å²) in [5.74, 6) is 1.58. The first-order valence-electron chi connectivity index (χ1n) is 10.5. The number of carbonyl (C=O) groups excluding carboxylic acids is 2. The average Bonchev–Trinajstić information content (AvgIpc) is 3.29. The second-order valence-electron chi connectivity index (χ2n) is 8.33. The van der Waals surface area contributed by atoms with Gasteiger partial charge in [-0.05, 0) is 49.3 Å². The molecule has 0 unspecified atom stereocenters. The molecule has 3 saturated heterocycles. The maximum absolute atomic E-state index is 12.9. The Morgan fingerprint density at radius 3 is 2.83 bits per heavy atom. The minimum atomic E-state index is -0.128. The van der Waals surface area contributed by atoms with Crippen LogP contribution in [0.25, 0.3) is 0 Å². The third-order valence-electron chi connectivity index (χ3n) is 6.65. The zero-order chi connectivity index (χ0) is 19.8. The van der Waals surface area contributed by atoms with Crippen LogP contribution in [-0.4, -0.2) is 63.4 Å². The van der Waals surface area contributed by atoms with Gasteiger partial charge in [0.05, 0.1) is 6.04 Å². The first kappa shape index (κ1) is 18.1. The predicted molar refractivity (Wildman–Crippen MR) is 107 cm³/mol. The summed E-state index contributed by atoms with van der Waals surface area (Å²) < 4.78 is 0. The van der Waals surface area contributed by atoms with E-state index in [0.29, 0.717) is 30.5 Å². The van der Waals surface area contributed by atoms with Gasteiger partial charge in [-0.25, -0.2) is 9.97 Å². The Labute approximate surface area is 169 Å². The zero-order valence-corrected chi connectivity index (χ0v) is 16.3. The number of aromatic amines is 1. The summed E-state index contributed by atoms with van der Waals surface area (Å²) in [6.07, 6.45) is 8.97. The Balaban J connectivity index is 1.38. The summed E-state index contributed by atoms with van der Waals surface area (Å²) in [7, 11) is 0. The number of carbonyl (C=O) groups is 2. The van der Waals surface area contributed by atoms with Gasteiger partial charge >= 0.3 is 0 Å². The standard InChI is InChI=1S/C21H26N6O2/c28-19-6-1-5-17-14-10-15(13-26(12-14)21-23-8-3-9-24-21)18(27(17)19)11-25-20(29)16-4-2-7-22-16/h2-4,7-9,14-15,17-18,22H,1,5-6,10-13H2,(H,25,29)/t14-,15+,17+,18+/m1/s1. The maximum Gasteiger partial charge on any atom is 0.267 e. The lowest BCUT2D eigenvalue weighted by molar-refractivity contribution is -0.148. The van der Waals surface area contributed by atoms with Crippen LogP contribution < -0.4 is 10.2 Å². The topological polar surface area (TPSA) is 94.2 Å². The Kier molecular flexibility index (Phi) is 4.69. The second kappa shape index (κ2) is 7.50. The van der Waals surface area contributed by atoms with E-state index in [4.69, 9.17) is 0 Å². The minimum absolute atomic E-state index is 0.00877. The monoisotopic (exact) mass is 394 g/mol. The lowest BCUT2D eigenvalue weighted by atomic mass is 9.72. The van der Waals surface area contributed by atoms with Crippen LogP contribution in [0.3, 0.4) is 0 Å². The Morgan fingerprint density at radius 1 is 1.21 bits per heavy atom. The van der Waals surface area contributed by atoms with Crippen molar-refractivity contribution < 1.29 is 9.59 Å². The number of H-pyrrole nitrogens is 1. The van der Waals surface area contributed by atoms with Crippen molar-refractivity contribution >= 4 is 17.8 Å². The molecular formula is C21H26N6O2. The summed E-state index contributed by atoms with van der Waals surface area (Å²) >= 11 is 0. The third kappa shape index (κ3) is 3.36. The molecule has 0 aromatic carbocycles. The molecule has 5 rings (SSSR count). The number of nitrogens with one attached hydrogen (secondary N) is 2. The highest BCUT2D eigenvalue weighted by molar-refractivity contribution is 5.92. The lowest BCUT2D eigenvalue weighted by Crippen LogP contribution is -2.67. The van der Waals surface area contributed by atoms with E-state index >= 15 is 0 Å². The lowest BCUT2D eigenvalue weighted by Gasteiger charge is -2.56. The van der Waals surface area contributed by atoms with Crippen molar-refractivity contribution in [2.75, 3.05) is 24.5 Å². The van der Waals surface area contributed by atoms with Gasteiger partial charge < -0.3 is 20.1 Å². The fraction of sp³-hybridized carbons (Fsp3) is 0.524. The quantitative estimate of drug-likeness (QED) is 0.818. The number of anilines is 1. The van der Waals surface area contributed by atoms with E-state index in [1.165, 1.54) is 0 Å². The van der Waals surface area contributed by atoms with Crippen molar-refractivity contribution in [3.63, 3.8) is 0 Å². The van der Waals surface area contributed by atoms with Gasteiger partial charge in [0, 0.05) is 50.7 Å². The van der Waals surface area contributed by atoms with Crippen molar-refractivity contribution in [2.45, 2.75) is 37.8 Å². The van der Waals surface area contributed by atoms with Crippen molar-refractivity contribution in [1.29, 1.82) is 0 Å². The zero-order valence-electron chi connectivity index (χ0n) is 16.3. The van der Waals surface area contributed by atoms with Crippen LogP contribution in [0.5, 0.6) is 0 Å². The Hall–Kier alpha value is -2.90. The smallest absolute Gasteiger partial charge is 0.267 e. The van der Waals surface area contributed by atoms with Crippen LogP contribution in [0, 0.1) is 11.8 Å². The van der Waals surface area contributed by atoms with Crippen LogP contribution in [0.1, 0.15) is 36.2 Å². The third-order valence-corrected chi connectivity index (χ3v) is 6.65. The highest BCUT2D eigenvalue weighted by Gasteiger charge is 2.49. The Morgan fingerprint density at radius 2 is 2.03 bits per heavy atom. The molecule has 2 amide bonds. The molecule has 2 bridgehead atoms. The number of fused-ring (bicyclic) bond motifs is 4. The van der Waals surface area contributed by atoms with Gasteiger partial charge in [0.1, 0.15) is 5.69 Å². The molecule has 3 aliphatic rings. The maximum atomic E-state index is 12.9. The summed E-state index contributed by atoms with van der Waals surface area (Å²) in [6, 6.07) is 5.65. The van der Waals surface area contributed by atoms with Crippen LogP contribution >= 0.6 is 0 Å². The molecule has 29 heavy (non-hydrogen) atoms. The molecule has 3 fully saturated rings. The van der Waals surface area contributed by atoms with Crippen molar-refractivity contribution in [3.8, 4) is 0 Å². The second-order valence-corrected chi connectivity index (χ2v) is 8.33. The first-order valence-corrected chi connectivity index (χ1v) is 10.5. The molecule has 8 nitrogen and oxygen atoms in total. The van der Waals surface area contributed by atoms with E-state index < -0.39 is 0 Å².